The molecule has 1 heterocycles. The van der Waals surface area contributed by atoms with Crippen LogP contribution in [0.2, 0.25) is 0 Å². The third-order valence-electron chi connectivity index (χ3n) is 2.92. The van der Waals surface area contributed by atoms with Crippen LogP contribution in [0.4, 0.5) is 5.69 Å². The minimum Gasteiger partial charge on any atom is -0.454 e. The number of ether oxygens (including phenoxy) is 2. The lowest BCUT2D eigenvalue weighted by atomic mass is 10.2. The first kappa shape index (κ1) is 14.6. The van der Waals surface area contributed by atoms with Gasteiger partial charge in [0.25, 0.3) is 0 Å². The van der Waals surface area contributed by atoms with Crippen molar-refractivity contribution in [3.63, 3.8) is 0 Å². The summed E-state index contributed by atoms with van der Waals surface area (Å²) in [5, 5.41) is 6.07. The molecule has 1 amide bonds. The number of rotatable bonds is 7. The Bertz CT molecular complexity index is 463. The van der Waals surface area contributed by atoms with E-state index in [2.05, 4.69) is 15.5 Å². The van der Waals surface area contributed by atoms with Gasteiger partial charge >= 0.3 is 0 Å². The predicted molar refractivity (Wildman–Crippen MR) is 77.2 cm³/mol. The highest BCUT2D eigenvalue weighted by atomic mass is 16.7. The molecule has 1 aliphatic rings. The summed E-state index contributed by atoms with van der Waals surface area (Å²) < 4.78 is 10.5. The molecular weight excluding hydrogens is 258 g/mol. The molecule has 2 rings (SSSR count). The molecule has 0 bridgehead atoms. The van der Waals surface area contributed by atoms with Crippen LogP contribution in [0, 0.1) is 0 Å². The Morgan fingerprint density at radius 2 is 2.05 bits per heavy atom. The Kier molecular flexibility index (Phi) is 5.20. The Morgan fingerprint density at radius 3 is 2.85 bits per heavy atom. The summed E-state index contributed by atoms with van der Waals surface area (Å²) in [4.78, 5) is 13.9. The Balaban J connectivity index is 1.69. The zero-order valence-electron chi connectivity index (χ0n) is 11.9. The van der Waals surface area contributed by atoms with E-state index in [9.17, 15) is 4.79 Å². The summed E-state index contributed by atoms with van der Waals surface area (Å²) in [5.41, 5.74) is 0.729. The number of hydrogen-bond donors (Lipinski definition) is 2. The number of nitrogens with zero attached hydrogens (tertiary/aromatic N) is 1. The molecule has 1 aromatic rings. The molecule has 0 saturated heterocycles. The zero-order valence-corrected chi connectivity index (χ0v) is 11.9. The summed E-state index contributed by atoms with van der Waals surface area (Å²) in [6.45, 7) is 2.75. The van der Waals surface area contributed by atoms with E-state index in [1.54, 1.807) is 12.1 Å². The van der Waals surface area contributed by atoms with E-state index >= 15 is 0 Å². The Morgan fingerprint density at radius 1 is 1.25 bits per heavy atom. The third kappa shape index (κ3) is 4.40. The molecule has 0 spiro atoms. The summed E-state index contributed by atoms with van der Waals surface area (Å²) in [6.07, 6.45) is 0.446. The van der Waals surface area contributed by atoms with Gasteiger partial charge in [0.05, 0.1) is 0 Å². The van der Waals surface area contributed by atoms with Gasteiger partial charge in [-0.2, -0.15) is 0 Å². The molecule has 20 heavy (non-hydrogen) atoms. The fourth-order valence-corrected chi connectivity index (χ4v) is 1.83. The number of nitrogens with one attached hydrogen (secondary N) is 2. The monoisotopic (exact) mass is 279 g/mol. The van der Waals surface area contributed by atoms with Crippen molar-refractivity contribution < 1.29 is 14.3 Å². The van der Waals surface area contributed by atoms with Gasteiger partial charge in [-0.3, -0.25) is 4.79 Å². The number of anilines is 1. The molecule has 1 aromatic carbocycles. The lowest BCUT2D eigenvalue weighted by Gasteiger charge is -2.10. The van der Waals surface area contributed by atoms with E-state index in [0.717, 1.165) is 18.8 Å². The molecule has 2 N–H and O–H groups in total. The molecule has 0 aromatic heterocycles. The van der Waals surface area contributed by atoms with E-state index in [4.69, 9.17) is 9.47 Å². The lowest BCUT2D eigenvalue weighted by molar-refractivity contribution is -0.116. The van der Waals surface area contributed by atoms with Crippen LogP contribution in [-0.2, 0) is 4.79 Å². The average Bonchev–Trinajstić information content (AvgIpc) is 2.85. The van der Waals surface area contributed by atoms with E-state index in [-0.39, 0.29) is 12.7 Å². The van der Waals surface area contributed by atoms with Gasteiger partial charge < -0.3 is 25.0 Å². The average molecular weight is 279 g/mol. The molecule has 6 heteroatoms. The van der Waals surface area contributed by atoms with Crippen molar-refractivity contribution in [1.29, 1.82) is 0 Å². The Labute approximate surface area is 119 Å². The summed E-state index contributed by atoms with van der Waals surface area (Å²) in [5.74, 6) is 1.38. The standard InChI is InChI=1S/C14H21N3O3/c1-17(2)8-7-15-6-5-14(18)16-11-3-4-12-13(9-11)20-10-19-12/h3-4,9,15H,5-8,10H2,1-2H3,(H,16,18). The third-order valence-corrected chi connectivity index (χ3v) is 2.92. The van der Waals surface area contributed by atoms with Crippen LogP contribution in [0.15, 0.2) is 18.2 Å². The topological polar surface area (TPSA) is 62.8 Å². The maximum absolute atomic E-state index is 11.8. The smallest absolute Gasteiger partial charge is 0.231 e. The van der Waals surface area contributed by atoms with Gasteiger partial charge in [-0.25, -0.2) is 0 Å². The van der Waals surface area contributed by atoms with E-state index in [1.807, 2.05) is 20.2 Å². The maximum Gasteiger partial charge on any atom is 0.231 e. The number of likely N-dealkylation sites (N-methyl/N-ethyl adjacent to an activating group) is 1. The van der Waals surface area contributed by atoms with Crippen LogP contribution >= 0.6 is 0 Å². The summed E-state index contributed by atoms with van der Waals surface area (Å²) >= 11 is 0. The first-order valence-corrected chi connectivity index (χ1v) is 6.70. The number of hydrogen-bond acceptors (Lipinski definition) is 5. The molecule has 6 nitrogen and oxygen atoms in total. The van der Waals surface area contributed by atoms with Crippen molar-refractivity contribution in [2.75, 3.05) is 45.8 Å². The van der Waals surface area contributed by atoms with Gasteiger partial charge in [0.15, 0.2) is 11.5 Å². The normalized spacial score (nSPS) is 12.8. The fraction of sp³-hybridized carbons (Fsp3) is 0.500. The number of benzene rings is 1. The van der Waals surface area contributed by atoms with Crippen molar-refractivity contribution >= 4 is 11.6 Å². The molecule has 0 radical (unpaired) electrons. The molecule has 0 aliphatic carbocycles. The van der Waals surface area contributed by atoms with Crippen molar-refractivity contribution in [3.05, 3.63) is 18.2 Å². The van der Waals surface area contributed by atoms with E-state index in [0.29, 0.717) is 24.5 Å². The minimum absolute atomic E-state index is 0.0128. The van der Waals surface area contributed by atoms with Gasteiger partial charge in [-0.05, 0) is 26.2 Å². The first-order chi connectivity index (χ1) is 9.65. The quantitative estimate of drug-likeness (QED) is 0.726. The first-order valence-electron chi connectivity index (χ1n) is 6.70. The highest BCUT2D eigenvalue weighted by molar-refractivity contribution is 5.91. The molecular formula is C14H21N3O3. The molecule has 110 valence electrons. The fourth-order valence-electron chi connectivity index (χ4n) is 1.83. The zero-order chi connectivity index (χ0) is 14.4. The van der Waals surface area contributed by atoms with Gasteiger partial charge in [-0.15, -0.1) is 0 Å². The second kappa shape index (κ2) is 7.12. The van der Waals surface area contributed by atoms with Crippen LogP contribution in [0.5, 0.6) is 11.5 Å². The van der Waals surface area contributed by atoms with Crippen molar-refractivity contribution in [3.8, 4) is 11.5 Å². The number of fused-ring (bicyclic) bond motifs is 1. The number of amides is 1. The summed E-state index contributed by atoms with van der Waals surface area (Å²) in [6, 6.07) is 5.39. The molecule has 0 atom stereocenters. The van der Waals surface area contributed by atoms with E-state index in [1.165, 1.54) is 0 Å². The van der Waals surface area contributed by atoms with Crippen LogP contribution in [0.25, 0.3) is 0 Å². The van der Waals surface area contributed by atoms with Crippen LogP contribution in [0.1, 0.15) is 6.42 Å². The molecule has 0 saturated carbocycles. The van der Waals surface area contributed by atoms with Gasteiger partial charge in [-0.1, -0.05) is 0 Å². The highest BCUT2D eigenvalue weighted by Crippen LogP contribution is 2.34. The summed E-state index contributed by atoms with van der Waals surface area (Å²) in [7, 11) is 4.04. The highest BCUT2D eigenvalue weighted by Gasteiger charge is 2.13. The SMILES string of the molecule is CN(C)CCNCCC(=O)Nc1ccc2c(c1)OCO2. The predicted octanol–water partition coefficient (Wildman–Crippen LogP) is 0.895. The van der Waals surface area contributed by atoms with Crippen molar-refractivity contribution in [1.82, 2.24) is 10.2 Å². The molecule has 1 aliphatic heterocycles. The number of carbonyl (C=O) groups excluding carboxylic acids is 1. The largest absolute Gasteiger partial charge is 0.454 e. The second-order valence-corrected chi connectivity index (χ2v) is 4.92. The van der Waals surface area contributed by atoms with Crippen molar-refractivity contribution in [2.24, 2.45) is 0 Å². The van der Waals surface area contributed by atoms with Gasteiger partial charge in [0.1, 0.15) is 0 Å². The minimum atomic E-state index is -0.0128. The van der Waals surface area contributed by atoms with Gasteiger partial charge in [0.2, 0.25) is 12.7 Å². The molecule has 0 fully saturated rings. The van der Waals surface area contributed by atoms with Crippen LogP contribution in [0.3, 0.4) is 0 Å². The second-order valence-electron chi connectivity index (χ2n) is 4.92. The molecule has 0 unspecified atom stereocenters. The van der Waals surface area contributed by atoms with E-state index < -0.39 is 0 Å². The van der Waals surface area contributed by atoms with Gasteiger partial charge in [0, 0.05) is 37.8 Å². The number of carbonyl (C=O) groups is 1. The van der Waals surface area contributed by atoms with Crippen LogP contribution < -0.4 is 20.1 Å². The van der Waals surface area contributed by atoms with Crippen LogP contribution in [-0.4, -0.2) is 51.3 Å². The van der Waals surface area contributed by atoms with Crippen molar-refractivity contribution in [2.45, 2.75) is 6.42 Å². The maximum atomic E-state index is 11.8. The Hall–Kier alpha value is -1.79. The lowest BCUT2D eigenvalue weighted by Crippen LogP contribution is -2.29.